The van der Waals surface area contributed by atoms with E-state index in [0.717, 1.165) is 44.9 Å². The highest BCUT2D eigenvalue weighted by molar-refractivity contribution is 6.78. The standard InChI is InChI=1S/C50H94O5Si3/c1-35(2)56(36(3)4,37(5)6)53-45(31-30-44-26-22-21-23-27-44)32-33-47-46(28-24-19-20-25-29-50(51)52)48(54-57(38(7)8,39(9)10)40(11)12)34-49(47)55-58(41(13)14,42(15)16)43(17)18/h19,21-24,26-27,35-43,45-49H,20,25,28-34H2,1-18H3,(H,51,52)/t45-,46+,47+,48-,49+/m0/s1. The van der Waals surface area contributed by atoms with Crippen molar-refractivity contribution >= 4 is 30.9 Å². The van der Waals surface area contributed by atoms with Crippen LogP contribution in [-0.4, -0.2) is 54.3 Å². The Balaban J connectivity index is 2.79. The summed E-state index contributed by atoms with van der Waals surface area (Å²) in [7, 11) is -6.57. The molecule has 5 nitrogen and oxygen atoms in total. The number of rotatable bonds is 27. The van der Waals surface area contributed by atoms with E-state index in [9.17, 15) is 9.90 Å². The summed E-state index contributed by atoms with van der Waals surface area (Å²) in [4.78, 5) is 11.3. The molecule has 58 heavy (non-hydrogen) atoms. The van der Waals surface area contributed by atoms with Crippen LogP contribution < -0.4 is 0 Å². The van der Waals surface area contributed by atoms with E-state index in [2.05, 4.69) is 167 Å². The molecule has 1 fully saturated rings. The molecule has 1 N–H and O–H groups in total. The zero-order valence-corrected chi connectivity index (χ0v) is 44.1. The number of carboxylic acids is 1. The number of hydrogen-bond acceptors (Lipinski definition) is 4. The molecule has 5 atom stereocenters. The SMILES string of the molecule is CC(C)[Si](O[C@@H](CCc1ccccc1)CC[C@@H]1[C@@H](CC=CCCCC(=O)O)[C@@H](O[Si](C(C)C)(C(C)C)C(C)C)C[C@H]1O[Si](C(C)C)(C(C)C)C(C)C)(C(C)C)C(C)C. The van der Waals surface area contributed by atoms with Crippen LogP contribution in [0.15, 0.2) is 42.5 Å². The number of hydrogen-bond donors (Lipinski definition) is 1. The van der Waals surface area contributed by atoms with Crippen LogP contribution in [-0.2, 0) is 24.5 Å². The van der Waals surface area contributed by atoms with Gasteiger partial charge in [0.1, 0.15) is 0 Å². The fourth-order valence-electron chi connectivity index (χ4n) is 12.5. The van der Waals surface area contributed by atoms with E-state index in [1.807, 2.05) is 0 Å². The Labute approximate surface area is 363 Å². The third-order valence-corrected chi connectivity index (χ3v) is 33.3. The van der Waals surface area contributed by atoms with Gasteiger partial charge in [0.2, 0.25) is 25.0 Å². The lowest BCUT2D eigenvalue weighted by atomic mass is 9.85. The average Bonchev–Trinajstić information content (AvgIpc) is 3.43. The number of aliphatic carboxylic acids is 1. The summed E-state index contributed by atoms with van der Waals surface area (Å²) < 4.78 is 23.6. The first-order valence-electron chi connectivity index (χ1n) is 24.0. The minimum atomic E-state index is -2.22. The summed E-state index contributed by atoms with van der Waals surface area (Å²) >= 11 is 0. The van der Waals surface area contributed by atoms with Gasteiger partial charge in [0.05, 0.1) is 12.2 Å². The van der Waals surface area contributed by atoms with Crippen molar-refractivity contribution in [3.8, 4) is 0 Å². The minimum absolute atomic E-state index is 0.134. The van der Waals surface area contributed by atoms with E-state index in [4.69, 9.17) is 13.3 Å². The number of carbonyl (C=O) groups is 1. The van der Waals surface area contributed by atoms with Crippen molar-refractivity contribution in [2.24, 2.45) is 11.8 Å². The Kier molecular flexibility index (Phi) is 22.0. The minimum Gasteiger partial charge on any atom is -0.481 e. The number of unbranched alkanes of at least 4 members (excludes halogenated alkanes) is 1. The van der Waals surface area contributed by atoms with Crippen LogP contribution in [0.3, 0.4) is 0 Å². The molecule has 1 aromatic rings. The molecule has 1 aliphatic rings. The highest BCUT2D eigenvalue weighted by Crippen LogP contribution is 2.53. The van der Waals surface area contributed by atoms with Gasteiger partial charge in [-0.15, -0.1) is 0 Å². The predicted molar refractivity (Wildman–Crippen MR) is 259 cm³/mol. The molecular formula is C50H94O5Si3. The Morgan fingerprint density at radius 3 is 1.47 bits per heavy atom. The maximum absolute atomic E-state index is 11.3. The van der Waals surface area contributed by atoms with Crippen LogP contribution in [0.5, 0.6) is 0 Å². The van der Waals surface area contributed by atoms with Crippen LogP contribution in [0.4, 0.5) is 0 Å². The number of benzene rings is 1. The zero-order valence-electron chi connectivity index (χ0n) is 41.1. The molecule has 0 radical (unpaired) electrons. The molecule has 0 saturated heterocycles. The van der Waals surface area contributed by atoms with Gasteiger partial charge in [-0.1, -0.05) is 167 Å². The molecule has 0 spiro atoms. The van der Waals surface area contributed by atoms with Crippen molar-refractivity contribution in [2.75, 3.05) is 0 Å². The van der Waals surface area contributed by atoms with E-state index >= 15 is 0 Å². The largest absolute Gasteiger partial charge is 0.481 e. The smallest absolute Gasteiger partial charge is 0.303 e. The fourth-order valence-corrected chi connectivity index (χ4v) is 29.4. The van der Waals surface area contributed by atoms with E-state index in [1.165, 1.54) is 5.56 Å². The maximum Gasteiger partial charge on any atom is 0.303 e. The average molecular weight is 860 g/mol. The van der Waals surface area contributed by atoms with Gasteiger partial charge in [-0.05, 0) is 119 Å². The van der Waals surface area contributed by atoms with Gasteiger partial charge >= 0.3 is 5.97 Å². The van der Waals surface area contributed by atoms with Crippen molar-refractivity contribution in [1.82, 2.24) is 0 Å². The lowest BCUT2D eigenvalue weighted by Gasteiger charge is -2.46. The van der Waals surface area contributed by atoms with Gasteiger partial charge in [-0.25, -0.2) is 0 Å². The first-order chi connectivity index (χ1) is 27.0. The Morgan fingerprint density at radius 1 is 0.621 bits per heavy atom. The van der Waals surface area contributed by atoms with Crippen molar-refractivity contribution in [3.05, 3.63) is 48.0 Å². The third-order valence-electron chi connectivity index (χ3n) is 14.9. The second-order valence-corrected chi connectivity index (χ2v) is 37.4. The molecule has 1 aliphatic carbocycles. The Hall–Kier alpha value is -1.04. The quantitative estimate of drug-likeness (QED) is 0.0542. The van der Waals surface area contributed by atoms with Crippen LogP contribution in [0.1, 0.15) is 182 Å². The van der Waals surface area contributed by atoms with Crippen LogP contribution >= 0.6 is 0 Å². The van der Waals surface area contributed by atoms with E-state index in [-0.39, 0.29) is 24.7 Å². The fraction of sp³-hybridized carbons (Fsp3) is 0.820. The molecule has 2 rings (SSSR count). The Bertz CT molecular complexity index is 1270. The van der Waals surface area contributed by atoms with E-state index < -0.39 is 30.9 Å². The number of carboxylic acid groups (broad SMARTS) is 1. The third kappa shape index (κ3) is 13.0. The first kappa shape index (κ1) is 53.1. The molecule has 0 aromatic heterocycles. The van der Waals surface area contributed by atoms with Crippen molar-refractivity contribution < 1.29 is 23.2 Å². The van der Waals surface area contributed by atoms with Crippen molar-refractivity contribution in [2.45, 2.75) is 251 Å². The number of allylic oxidation sites excluding steroid dienone is 2. The maximum atomic E-state index is 11.3. The second-order valence-electron chi connectivity index (χ2n) is 21.2. The van der Waals surface area contributed by atoms with Gasteiger partial charge in [0, 0.05) is 12.5 Å². The summed E-state index contributed by atoms with van der Waals surface area (Å²) in [5.41, 5.74) is 6.02. The van der Waals surface area contributed by atoms with Gasteiger partial charge in [-0.3, -0.25) is 4.79 Å². The van der Waals surface area contributed by atoms with E-state index in [0.29, 0.717) is 68.1 Å². The molecule has 0 unspecified atom stereocenters. The van der Waals surface area contributed by atoms with Gasteiger partial charge in [0.15, 0.2) is 0 Å². The second kappa shape index (κ2) is 24.0. The van der Waals surface area contributed by atoms with Gasteiger partial charge < -0.3 is 18.4 Å². The van der Waals surface area contributed by atoms with Crippen LogP contribution in [0.25, 0.3) is 0 Å². The normalized spacial score (nSPS) is 20.6. The van der Waals surface area contributed by atoms with Crippen LogP contribution in [0, 0.1) is 11.8 Å². The molecule has 1 aromatic carbocycles. The summed E-state index contributed by atoms with van der Waals surface area (Å²) in [6.45, 7) is 43.6. The van der Waals surface area contributed by atoms with Gasteiger partial charge in [-0.2, -0.15) is 0 Å². The topological polar surface area (TPSA) is 65.0 Å². The molecule has 0 amide bonds. The molecule has 0 bridgehead atoms. The molecule has 0 aliphatic heterocycles. The number of aryl methyl sites for hydroxylation is 1. The molecule has 1 saturated carbocycles. The zero-order chi connectivity index (χ0) is 44.2. The van der Waals surface area contributed by atoms with Gasteiger partial charge in [0.25, 0.3) is 0 Å². The summed E-state index contributed by atoms with van der Waals surface area (Å²) in [6, 6.07) is 11.0. The highest BCUT2D eigenvalue weighted by atomic mass is 28.4. The molecule has 8 heteroatoms. The first-order valence-corrected chi connectivity index (χ1v) is 30.4. The lowest BCUT2D eigenvalue weighted by Crippen LogP contribution is -2.51. The van der Waals surface area contributed by atoms with E-state index in [1.54, 1.807) is 0 Å². The molecular weight excluding hydrogens is 765 g/mol. The Morgan fingerprint density at radius 2 is 1.05 bits per heavy atom. The summed E-state index contributed by atoms with van der Waals surface area (Å²) in [6.07, 6.45) is 12.8. The summed E-state index contributed by atoms with van der Waals surface area (Å²) in [5, 5.41) is 9.31. The molecule has 0 heterocycles. The monoisotopic (exact) mass is 859 g/mol. The van der Waals surface area contributed by atoms with Crippen LogP contribution in [0.2, 0.25) is 49.9 Å². The van der Waals surface area contributed by atoms with Crippen molar-refractivity contribution in [3.63, 3.8) is 0 Å². The highest BCUT2D eigenvalue weighted by Gasteiger charge is 2.55. The lowest BCUT2D eigenvalue weighted by molar-refractivity contribution is -0.137. The molecule has 336 valence electrons. The van der Waals surface area contributed by atoms with Crippen molar-refractivity contribution in [1.29, 1.82) is 0 Å². The predicted octanol–water partition coefficient (Wildman–Crippen LogP) is 15.9. The summed E-state index contributed by atoms with van der Waals surface area (Å²) in [5.74, 6) is -0.0307.